The van der Waals surface area contributed by atoms with Crippen LogP contribution in [0.2, 0.25) is 0 Å². The number of para-hydroxylation sites is 1. The van der Waals surface area contributed by atoms with Crippen molar-refractivity contribution in [2.75, 3.05) is 36.0 Å². The van der Waals surface area contributed by atoms with Gasteiger partial charge in [0.25, 0.3) is 0 Å². The molecule has 0 bridgehead atoms. The van der Waals surface area contributed by atoms with E-state index in [2.05, 4.69) is 42.2 Å². The second-order valence-corrected chi connectivity index (χ2v) is 7.51. The van der Waals surface area contributed by atoms with Crippen molar-refractivity contribution >= 4 is 28.3 Å². The van der Waals surface area contributed by atoms with Gasteiger partial charge in [0.05, 0.1) is 5.52 Å². The van der Waals surface area contributed by atoms with Gasteiger partial charge in [-0.05, 0) is 18.2 Å². The Bertz CT molecular complexity index is 1340. The molecule has 1 aliphatic heterocycles. The molecule has 0 radical (unpaired) electrons. The molecule has 1 fully saturated rings. The zero-order valence-corrected chi connectivity index (χ0v) is 16.8. The quantitative estimate of drug-likeness (QED) is 0.454. The molecule has 4 heterocycles. The molecule has 0 N–H and O–H groups in total. The lowest BCUT2D eigenvalue weighted by atomic mass is 10.1. The molecule has 0 saturated carbocycles. The fourth-order valence-corrected chi connectivity index (χ4v) is 4.14. The lowest BCUT2D eigenvalue weighted by Gasteiger charge is -2.35. The molecule has 31 heavy (non-hydrogen) atoms. The van der Waals surface area contributed by atoms with Crippen LogP contribution in [0, 0.1) is 0 Å². The summed E-state index contributed by atoms with van der Waals surface area (Å²) >= 11 is 0. The molecule has 0 aliphatic carbocycles. The van der Waals surface area contributed by atoms with Gasteiger partial charge in [-0.15, -0.1) is 5.10 Å². The first-order valence-electron chi connectivity index (χ1n) is 10.3. The summed E-state index contributed by atoms with van der Waals surface area (Å²) in [6.45, 7) is 3.36. The van der Waals surface area contributed by atoms with Crippen LogP contribution in [0.15, 0.2) is 73.1 Å². The zero-order valence-electron chi connectivity index (χ0n) is 16.8. The Morgan fingerprint density at radius 1 is 0.710 bits per heavy atom. The highest BCUT2D eigenvalue weighted by Crippen LogP contribution is 2.30. The SMILES string of the molecule is c1ccc(-c2nnn3c2nc(N2CCN(c4ncccn4)CC2)c2ccccc23)cc1. The second kappa shape index (κ2) is 7.32. The highest BCUT2D eigenvalue weighted by Gasteiger charge is 2.23. The summed E-state index contributed by atoms with van der Waals surface area (Å²) in [4.78, 5) is 18.4. The number of piperazine rings is 1. The van der Waals surface area contributed by atoms with E-state index in [9.17, 15) is 0 Å². The molecule has 0 amide bonds. The maximum atomic E-state index is 5.08. The van der Waals surface area contributed by atoms with E-state index >= 15 is 0 Å². The Hall–Kier alpha value is -4.07. The highest BCUT2D eigenvalue weighted by molar-refractivity contribution is 5.93. The van der Waals surface area contributed by atoms with Crippen LogP contribution in [-0.2, 0) is 0 Å². The van der Waals surface area contributed by atoms with Crippen LogP contribution in [0.5, 0.6) is 0 Å². The number of hydrogen-bond acceptors (Lipinski definition) is 7. The van der Waals surface area contributed by atoms with Crippen LogP contribution >= 0.6 is 0 Å². The Morgan fingerprint density at radius 3 is 2.23 bits per heavy atom. The molecule has 1 aliphatic rings. The van der Waals surface area contributed by atoms with Gasteiger partial charge in [0.1, 0.15) is 11.5 Å². The Kier molecular flexibility index (Phi) is 4.19. The topological polar surface area (TPSA) is 75.3 Å². The van der Waals surface area contributed by atoms with Crippen molar-refractivity contribution in [3.05, 3.63) is 73.1 Å². The lowest BCUT2D eigenvalue weighted by Crippen LogP contribution is -2.47. The normalized spacial score (nSPS) is 14.5. The maximum Gasteiger partial charge on any atom is 0.225 e. The molecule has 6 rings (SSSR count). The van der Waals surface area contributed by atoms with Crippen LogP contribution in [-0.4, -0.2) is 56.0 Å². The fraction of sp³-hybridized carbons (Fsp3) is 0.174. The average Bonchev–Trinajstić information content (AvgIpc) is 3.29. The number of nitrogens with zero attached hydrogens (tertiary/aromatic N) is 8. The molecule has 5 aromatic rings. The molecule has 0 spiro atoms. The first-order chi connectivity index (χ1) is 15.4. The van der Waals surface area contributed by atoms with Crippen LogP contribution < -0.4 is 9.80 Å². The molecular formula is C23H20N8. The Morgan fingerprint density at radius 2 is 1.42 bits per heavy atom. The third kappa shape index (κ3) is 3.04. The van der Waals surface area contributed by atoms with E-state index in [1.54, 1.807) is 12.4 Å². The second-order valence-electron chi connectivity index (χ2n) is 7.51. The summed E-state index contributed by atoms with van der Waals surface area (Å²) < 4.78 is 1.84. The zero-order chi connectivity index (χ0) is 20.6. The maximum absolute atomic E-state index is 5.08. The van der Waals surface area contributed by atoms with Crippen molar-refractivity contribution in [3.8, 4) is 11.3 Å². The number of anilines is 2. The molecular weight excluding hydrogens is 388 g/mol. The van der Waals surface area contributed by atoms with Crippen molar-refractivity contribution < 1.29 is 0 Å². The van der Waals surface area contributed by atoms with Gasteiger partial charge in [0.2, 0.25) is 5.95 Å². The molecule has 152 valence electrons. The molecule has 8 nitrogen and oxygen atoms in total. The standard InChI is InChI=1S/C23H20N8/c1-2-7-17(8-3-1)20-22-26-21(18-9-4-5-10-19(18)31(22)28-27-20)29-13-15-30(16-14-29)23-24-11-6-12-25-23/h1-12H,13-16H2. The van der Waals surface area contributed by atoms with Gasteiger partial charge in [-0.2, -0.15) is 4.52 Å². The highest BCUT2D eigenvalue weighted by atomic mass is 15.4. The number of fused-ring (bicyclic) bond motifs is 3. The van der Waals surface area contributed by atoms with Crippen LogP contribution in [0.3, 0.4) is 0 Å². The van der Waals surface area contributed by atoms with Crippen LogP contribution in [0.25, 0.3) is 27.8 Å². The summed E-state index contributed by atoms with van der Waals surface area (Å²) in [5, 5.41) is 9.96. The number of aromatic nitrogens is 6. The van der Waals surface area contributed by atoms with Gasteiger partial charge in [-0.25, -0.2) is 15.0 Å². The minimum absolute atomic E-state index is 0.772. The van der Waals surface area contributed by atoms with Crippen molar-refractivity contribution in [1.29, 1.82) is 0 Å². The monoisotopic (exact) mass is 408 g/mol. The molecule has 0 atom stereocenters. The third-order valence-electron chi connectivity index (χ3n) is 5.69. The van der Waals surface area contributed by atoms with Crippen molar-refractivity contribution in [2.24, 2.45) is 0 Å². The van der Waals surface area contributed by atoms with Gasteiger partial charge in [-0.3, -0.25) is 0 Å². The van der Waals surface area contributed by atoms with E-state index in [-0.39, 0.29) is 0 Å². The summed E-state index contributed by atoms with van der Waals surface area (Å²) in [5.41, 5.74) is 3.58. The smallest absolute Gasteiger partial charge is 0.225 e. The van der Waals surface area contributed by atoms with Gasteiger partial charge in [0.15, 0.2) is 5.65 Å². The summed E-state index contributed by atoms with van der Waals surface area (Å²) in [7, 11) is 0. The first-order valence-corrected chi connectivity index (χ1v) is 10.3. The lowest BCUT2D eigenvalue weighted by molar-refractivity contribution is 0.636. The number of benzene rings is 2. The minimum atomic E-state index is 0.772. The molecule has 8 heteroatoms. The van der Waals surface area contributed by atoms with Gasteiger partial charge >= 0.3 is 0 Å². The number of hydrogen-bond donors (Lipinski definition) is 0. The average molecular weight is 408 g/mol. The van der Waals surface area contributed by atoms with Gasteiger partial charge < -0.3 is 9.80 Å². The van der Waals surface area contributed by atoms with Crippen molar-refractivity contribution in [3.63, 3.8) is 0 Å². The third-order valence-corrected chi connectivity index (χ3v) is 5.69. The van der Waals surface area contributed by atoms with E-state index in [0.717, 1.165) is 65.8 Å². The fourth-order valence-electron chi connectivity index (χ4n) is 4.14. The van der Waals surface area contributed by atoms with E-state index in [1.807, 2.05) is 53.0 Å². The van der Waals surface area contributed by atoms with Crippen molar-refractivity contribution in [1.82, 2.24) is 29.8 Å². The van der Waals surface area contributed by atoms with Gasteiger partial charge in [0, 0.05) is 49.5 Å². The van der Waals surface area contributed by atoms with E-state index < -0.39 is 0 Å². The summed E-state index contributed by atoms with van der Waals surface area (Å²) in [6.07, 6.45) is 3.57. The van der Waals surface area contributed by atoms with E-state index in [0.29, 0.717) is 0 Å². The van der Waals surface area contributed by atoms with E-state index in [1.165, 1.54) is 0 Å². The Labute approximate surface area is 178 Å². The van der Waals surface area contributed by atoms with Gasteiger partial charge in [-0.1, -0.05) is 47.7 Å². The minimum Gasteiger partial charge on any atom is -0.352 e. The first kappa shape index (κ1) is 17.8. The predicted molar refractivity (Wildman–Crippen MR) is 120 cm³/mol. The molecule has 1 saturated heterocycles. The van der Waals surface area contributed by atoms with Crippen molar-refractivity contribution in [2.45, 2.75) is 0 Å². The number of rotatable bonds is 3. The van der Waals surface area contributed by atoms with Crippen LogP contribution in [0.4, 0.5) is 11.8 Å². The molecule has 0 unspecified atom stereocenters. The summed E-state index contributed by atoms with van der Waals surface area (Å²) in [5.74, 6) is 1.75. The largest absolute Gasteiger partial charge is 0.352 e. The van der Waals surface area contributed by atoms with Crippen LogP contribution in [0.1, 0.15) is 0 Å². The Balaban J connectivity index is 1.42. The summed E-state index contributed by atoms with van der Waals surface area (Å²) in [6, 6.07) is 20.2. The molecule has 3 aromatic heterocycles. The molecule has 2 aromatic carbocycles. The predicted octanol–water partition coefficient (Wildman–Crippen LogP) is 3.06. The van der Waals surface area contributed by atoms with E-state index in [4.69, 9.17) is 4.98 Å².